The second kappa shape index (κ2) is 5.86. The molecule has 1 nitrogen and oxygen atoms in total. The highest BCUT2D eigenvalue weighted by Crippen LogP contribution is 2.42. The minimum Gasteiger partial charge on any atom is -0.403 e. The van der Waals surface area contributed by atoms with E-state index >= 15 is 0 Å². The summed E-state index contributed by atoms with van der Waals surface area (Å²) in [6.07, 6.45) is 0.388. The van der Waals surface area contributed by atoms with Gasteiger partial charge in [0, 0.05) is 0 Å². The molecule has 0 aliphatic heterocycles. The Balaban J connectivity index is 2.36. The molecule has 0 heterocycles. The number of fused-ring (bicyclic) bond motifs is 1. The largest absolute Gasteiger partial charge is 0.573 e. The van der Waals surface area contributed by atoms with Crippen molar-refractivity contribution in [1.82, 2.24) is 0 Å². The van der Waals surface area contributed by atoms with Crippen LogP contribution < -0.4 is 4.74 Å². The number of hydrogen-bond donors (Lipinski definition) is 0. The van der Waals surface area contributed by atoms with Crippen molar-refractivity contribution >= 4 is 23.2 Å². The van der Waals surface area contributed by atoms with E-state index in [9.17, 15) is 13.2 Å². The molecule has 0 radical (unpaired) electrons. The normalized spacial score (nSPS) is 14.8. The summed E-state index contributed by atoms with van der Waals surface area (Å²) in [5.41, 5.74) is 2.80. The topological polar surface area (TPSA) is 9.23 Å². The molecule has 1 aliphatic rings. The highest BCUT2D eigenvalue weighted by molar-refractivity contribution is 6.37. The van der Waals surface area contributed by atoms with E-state index in [0.29, 0.717) is 18.4 Å². The minimum absolute atomic E-state index is 0.0448. The van der Waals surface area contributed by atoms with Crippen molar-refractivity contribution in [2.45, 2.75) is 39.0 Å². The van der Waals surface area contributed by atoms with Crippen LogP contribution in [0.15, 0.2) is 17.7 Å². The highest BCUT2D eigenvalue weighted by atomic mass is 35.5. The summed E-state index contributed by atoms with van der Waals surface area (Å²) in [6, 6.07) is 1.52. The summed E-state index contributed by atoms with van der Waals surface area (Å²) in [5.74, 6) is -0.507. The second-order valence-corrected chi connectivity index (χ2v) is 5.47. The molecule has 1 aromatic carbocycles. The zero-order chi connectivity index (χ0) is 14.9. The Morgan fingerprint density at radius 1 is 1.30 bits per heavy atom. The van der Waals surface area contributed by atoms with Gasteiger partial charge in [0.1, 0.15) is 0 Å². The van der Waals surface area contributed by atoms with E-state index in [4.69, 9.17) is 23.2 Å². The molecule has 0 bridgehead atoms. The molecule has 0 atom stereocenters. The van der Waals surface area contributed by atoms with Crippen LogP contribution in [0.4, 0.5) is 13.2 Å². The maximum Gasteiger partial charge on any atom is 0.573 e. The molecule has 0 saturated heterocycles. The SMILES string of the molecule is CCCC1=CCc2c(cc(Cl)c(OC(F)(F)F)c2Cl)C1. The van der Waals surface area contributed by atoms with Gasteiger partial charge in [-0.2, -0.15) is 0 Å². The number of allylic oxidation sites excluding steroid dienone is 2. The Labute approximate surface area is 125 Å². The molecule has 20 heavy (non-hydrogen) atoms. The molecule has 2 rings (SSSR count). The molecule has 0 fully saturated rings. The number of benzene rings is 1. The molecule has 0 saturated carbocycles. The van der Waals surface area contributed by atoms with Crippen molar-refractivity contribution in [2.75, 3.05) is 0 Å². The summed E-state index contributed by atoms with van der Waals surface area (Å²) in [5, 5.41) is -0.152. The molecule has 1 aromatic rings. The van der Waals surface area contributed by atoms with Gasteiger partial charge < -0.3 is 4.74 Å². The zero-order valence-electron chi connectivity index (χ0n) is 10.8. The number of alkyl halides is 3. The van der Waals surface area contributed by atoms with E-state index in [1.807, 2.05) is 6.08 Å². The minimum atomic E-state index is -4.81. The first-order chi connectivity index (χ1) is 9.31. The third-order valence-electron chi connectivity index (χ3n) is 3.17. The Morgan fingerprint density at radius 3 is 2.60 bits per heavy atom. The lowest BCUT2D eigenvalue weighted by molar-refractivity contribution is -0.274. The Hall–Kier alpha value is -0.870. The van der Waals surface area contributed by atoms with E-state index < -0.39 is 12.1 Å². The second-order valence-electron chi connectivity index (χ2n) is 4.68. The van der Waals surface area contributed by atoms with Gasteiger partial charge in [-0.3, -0.25) is 0 Å². The summed E-state index contributed by atoms with van der Waals surface area (Å²) in [6.45, 7) is 2.08. The van der Waals surface area contributed by atoms with Crippen LogP contribution in [-0.4, -0.2) is 6.36 Å². The van der Waals surface area contributed by atoms with Crippen LogP contribution in [0, 0.1) is 0 Å². The highest BCUT2D eigenvalue weighted by Gasteiger charge is 2.34. The first kappa shape index (κ1) is 15.5. The van der Waals surface area contributed by atoms with Gasteiger partial charge in [-0.15, -0.1) is 13.2 Å². The third kappa shape index (κ3) is 3.41. The number of ether oxygens (including phenoxy) is 1. The predicted molar refractivity (Wildman–Crippen MR) is 73.5 cm³/mol. The molecule has 0 N–H and O–H groups in total. The van der Waals surface area contributed by atoms with Crippen LogP contribution in [-0.2, 0) is 12.8 Å². The van der Waals surface area contributed by atoms with Crippen molar-refractivity contribution in [3.8, 4) is 5.75 Å². The van der Waals surface area contributed by atoms with Crippen molar-refractivity contribution in [3.05, 3.63) is 38.9 Å². The average molecular weight is 325 g/mol. The third-order valence-corrected chi connectivity index (χ3v) is 3.85. The van der Waals surface area contributed by atoms with Gasteiger partial charge in [0.05, 0.1) is 10.0 Å². The maximum atomic E-state index is 12.3. The fourth-order valence-electron chi connectivity index (χ4n) is 2.35. The zero-order valence-corrected chi connectivity index (χ0v) is 12.3. The van der Waals surface area contributed by atoms with Crippen molar-refractivity contribution < 1.29 is 17.9 Å². The van der Waals surface area contributed by atoms with Gasteiger partial charge in [0.25, 0.3) is 0 Å². The number of rotatable bonds is 3. The van der Waals surface area contributed by atoms with E-state index in [0.717, 1.165) is 18.4 Å². The first-order valence-electron chi connectivity index (χ1n) is 6.25. The van der Waals surface area contributed by atoms with Crippen molar-refractivity contribution in [3.63, 3.8) is 0 Å². The summed E-state index contributed by atoms with van der Waals surface area (Å²) in [7, 11) is 0. The van der Waals surface area contributed by atoms with Crippen LogP contribution >= 0.6 is 23.2 Å². The molecular formula is C14H13Cl2F3O. The van der Waals surface area contributed by atoms with Crippen LogP contribution in [0.3, 0.4) is 0 Å². The molecule has 0 aromatic heterocycles. The Bertz CT molecular complexity index is 550. The molecule has 0 amide bonds. The molecule has 0 spiro atoms. The lowest BCUT2D eigenvalue weighted by atomic mass is 9.89. The van der Waals surface area contributed by atoms with Gasteiger partial charge in [0.2, 0.25) is 0 Å². The fourth-order valence-corrected chi connectivity index (χ4v) is 3.00. The molecule has 110 valence electrons. The predicted octanol–water partition coefficient (Wildman–Crippen LogP) is 5.72. The van der Waals surface area contributed by atoms with Crippen LogP contribution in [0.5, 0.6) is 5.75 Å². The van der Waals surface area contributed by atoms with E-state index in [1.54, 1.807) is 0 Å². The van der Waals surface area contributed by atoms with Gasteiger partial charge in [0.15, 0.2) is 5.75 Å². The first-order valence-corrected chi connectivity index (χ1v) is 7.00. The monoisotopic (exact) mass is 324 g/mol. The molecule has 0 unspecified atom stereocenters. The average Bonchev–Trinajstić information content (AvgIpc) is 2.33. The smallest absolute Gasteiger partial charge is 0.403 e. The van der Waals surface area contributed by atoms with Crippen LogP contribution in [0.25, 0.3) is 0 Å². The summed E-state index contributed by atoms with van der Waals surface area (Å²) < 4.78 is 41.0. The van der Waals surface area contributed by atoms with E-state index in [1.165, 1.54) is 11.6 Å². The number of hydrogen-bond acceptors (Lipinski definition) is 1. The van der Waals surface area contributed by atoms with Gasteiger partial charge in [-0.1, -0.05) is 48.2 Å². The quantitative estimate of drug-likeness (QED) is 0.646. The Kier molecular flexibility index (Phi) is 4.55. The van der Waals surface area contributed by atoms with Crippen molar-refractivity contribution in [1.29, 1.82) is 0 Å². The lowest BCUT2D eigenvalue weighted by Gasteiger charge is -2.21. The maximum absolute atomic E-state index is 12.3. The number of halogens is 5. The van der Waals surface area contributed by atoms with Crippen LogP contribution in [0.2, 0.25) is 10.0 Å². The van der Waals surface area contributed by atoms with Gasteiger partial charge >= 0.3 is 6.36 Å². The molecule has 1 aliphatic carbocycles. The molecule has 6 heteroatoms. The Morgan fingerprint density at radius 2 is 2.00 bits per heavy atom. The standard InChI is InChI=1S/C14H13Cl2F3O/c1-2-3-8-4-5-10-9(6-8)7-11(15)13(12(10)16)20-14(17,18)19/h4,7H,2-3,5-6H2,1H3. The fraction of sp³-hybridized carbons (Fsp3) is 0.429. The van der Waals surface area contributed by atoms with Crippen molar-refractivity contribution in [2.24, 2.45) is 0 Å². The summed E-state index contributed by atoms with van der Waals surface area (Å²) in [4.78, 5) is 0. The van der Waals surface area contributed by atoms with Crippen LogP contribution in [0.1, 0.15) is 30.9 Å². The molecular weight excluding hydrogens is 312 g/mol. The summed E-state index contributed by atoms with van der Waals surface area (Å²) >= 11 is 11.9. The van der Waals surface area contributed by atoms with Gasteiger partial charge in [-0.25, -0.2) is 0 Å². The van der Waals surface area contributed by atoms with E-state index in [-0.39, 0.29) is 10.0 Å². The van der Waals surface area contributed by atoms with Gasteiger partial charge in [-0.05, 0) is 36.5 Å². The van der Waals surface area contributed by atoms with E-state index in [2.05, 4.69) is 11.7 Å². The lowest BCUT2D eigenvalue weighted by Crippen LogP contribution is -2.18.